The Kier molecular flexibility index (Phi) is 6.38. The van der Waals surface area contributed by atoms with E-state index in [-0.39, 0.29) is 11.5 Å². The first-order valence-corrected chi connectivity index (χ1v) is 12.8. The highest BCUT2D eigenvalue weighted by atomic mass is 16.2. The Balaban J connectivity index is 1.48. The van der Waals surface area contributed by atoms with Crippen molar-refractivity contribution in [2.24, 2.45) is 0 Å². The number of aromatic nitrogens is 5. The fourth-order valence-electron chi connectivity index (χ4n) is 4.83. The maximum Gasteiger partial charge on any atom is 0.264 e. The van der Waals surface area contributed by atoms with Gasteiger partial charge < -0.3 is 5.32 Å². The number of hydrogen-bond acceptors (Lipinski definition) is 5. The molecule has 4 aromatic heterocycles. The van der Waals surface area contributed by atoms with Gasteiger partial charge >= 0.3 is 0 Å². The summed E-state index contributed by atoms with van der Waals surface area (Å²) in [5.41, 5.74) is 3.99. The lowest BCUT2D eigenvalue weighted by Gasteiger charge is -2.21. The standard InChI is InChI=1S/C32H24N6O2/c1-21(35-31(39)28-22(2)36-37-19-7-16-34-30(28)37)27-20-25-9-6-8-24(13-12-23-14-17-33-18-15-23)29(25)32(40)38(27)26-10-4-3-5-11-26/h3-11,14-21H,1-2H3,(H,35,39). The zero-order valence-electron chi connectivity index (χ0n) is 21.9. The lowest BCUT2D eigenvalue weighted by molar-refractivity contribution is 0.0939. The fourth-order valence-corrected chi connectivity index (χ4v) is 4.83. The van der Waals surface area contributed by atoms with Crippen LogP contribution in [-0.4, -0.2) is 30.1 Å². The van der Waals surface area contributed by atoms with Crippen LogP contribution in [0.4, 0.5) is 0 Å². The van der Waals surface area contributed by atoms with Crippen molar-refractivity contribution >= 4 is 22.3 Å². The first-order valence-electron chi connectivity index (χ1n) is 12.8. The lowest BCUT2D eigenvalue weighted by atomic mass is 10.0. The van der Waals surface area contributed by atoms with Crippen molar-refractivity contribution in [1.29, 1.82) is 0 Å². The Morgan fingerprint density at radius 1 is 0.950 bits per heavy atom. The summed E-state index contributed by atoms with van der Waals surface area (Å²) in [6.45, 7) is 3.64. The van der Waals surface area contributed by atoms with Crippen LogP contribution in [0.1, 0.15) is 45.8 Å². The topological polar surface area (TPSA) is 94.2 Å². The first kappa shape index (κ1) is 24.8. The second-order valence-electron chi connectivity index (χ2n) is 9.34. The molecule has 0 aliphatic rings. The molecule has 0 fully saturated rings. The molecule has 0 aliphatic heterocycles. The highest BCUT2D eigenvalue weighted by molar-refractivity contribution is 6.01. The van der Waals surface area contributed by atoms with Gasteiger partial charge in [-0.15, -0.1) is 0 Å². The van der Waals surface area contributed by atoms with Crippen molar-refractivity contribution in [1.82, 2.24) is 29.5 Å². The molecule has 6 aromatic rings. The smallest absolute Gasteiger partial charge is 0.264 e. The predicted octanol–water partition coefficient (Wildman–Crippen LogP) is 4.63. The molecule has 1 N–H and O–H groups in total. The van der Waals surface area contributed by atoms with Gasteiger partial charge in [0.25, 0.3) is 11.5 Å². The Hall–Kier alpha value is -5.55. The normalized spacial score (nSPS) is 11.7. The SMILES string of the molecule is Cc1nn2cccnc2c1C(=O)NC(C)c1cc2cccc(C#Cc3ccncc3)c2c(=O)n1-c1ccccc1. The van der Waals surface area contributed by atoms with Crippen molar-refractivity contribution in [3.8, 4) is 17.5 Å². The maximum atomic E-state index is 14.2. The number of nitrogens with zero attached hydrogens (tertiary/aromatic N) is 5. The number of para-hydroxylation sites is 1. The molecule has 8 heteroatoms. The molecule has 1 amide bonds. The zero-order chi connectivity index (χ0) is 27.6. The number of rotatable bonds is 4. The van der Waals surface area contributed by atoms with Gasteiger partial charge in [0.05, 0.1) is 17.1 Å². The summed E-state index contributed by atoms with van der Waals surface area (Å²) in [6.07, 6.45) is 6.74. The van der Waals surface area contributed by atoms with Crippen LogP contribution in [-0.2, 0) is 0 Å². The van der Waals surface area contributed by atoms with Gasteiger partial charge in [0.2, 0.25) is 0 Å². The minimum absolute atomic E-state index is 0.215. The average Bonchev–Trinajstić information content (AvgIpc) is 3.32. The van der Waals surface area contributed by atoms with Crippen molar-refractivity contribution in [3.63, 3.8) is 0 Å². The van der Waals surface area contributed by atoms with Crippen LogP contribution >= 0.6 is 0 Å². The van der Waals surface area contributed by atoms with E-state index in [1.807, 2.05) is 73.7 Å². The van der Waals surface area contributed by atoms with Crippen molar-refractivity contribution in [3.05, 3.63) is 136 Å². The summed E-state index contributed by atoms with van der Waals surface area (Å²) in [5, 5.41) is 8.73. The number of nitrogens with one attached hydrogen (secondary N) is 1. The number of aryl methyl sites for hydroxylation is 1. The summed E-state index contributed by atoms with van der Waals surface area (Å²) in [7, 11) is 0. The largest absolute Gasteiger partial charge is 0.344 e. The third-order valence-corrected chi connectivity index (χ3v) is 6.70. The average molecular weight is 525 g/mol. The third-order valence-electron chi connectivity index (χ3n) is 6.70. The van der Waals surface area contributed by atoms with E-state index in [4.69, 9.17) is 0 Å². The van der Waals surface area contributed by atoms with Crippen LogP contribution in [0.3, 0.4) is 0 Å². The molecular weight excluding hydrogens is 500 g/mol. The molecule has 6 rings (SSSR count). The zero-order valence-corrected chi connectivity index (χ0v) is 21.9. The van der Waals surface area contributed by atoms with Crippen LogP contribution < -0.4 is 10.9 Å². The van der Waals surface area contributed by atoms with Crippen LogP contribution in [0.25, 0.3) is 22.1 Å². The maximum absolute atomic E-state index is 14.2. The Morgan fingerprint density at radius 2 is 1.75 bits per heavy atom. The number of fused-ring (bicyclic) bond motifs is 2. The van der Waals surface area contributed by atoms with Gasteiger partial charge in [0, 0.05) is 47.3 Å². The second-order valence-corrected chi connectivity index (χ2v) is 9.34. The molecule has 0 saturated heterocycles. The van der Waals surface area contributed by atoms with Gasteiger partial charge in [-0.25, -0.2) is 9.50 Å². The molecule has 0 bridgehead atoms. The third kappa shape index (κ3) is 4.50. The lowest BCUT2D eigenvalue weighted by Crippen LogP contribution is -2.32. The Labute approximate surface area is 230 Å². The molecule has 0 aliphatic carbocycles. The summed E-state index contributed by atoms with van der Waals surface area (Å²) in [6, 6.07) is 21.8. The molecule has 194 valence electrons. The van der Waals surface area contributed by atoms with E-state index in [1.54, 1.807) is 46.9 Å². The number of pyridine rings is 2. The van der Waals surface area contributed by atoms with Gasteiger partial charge in [-0.3, -0.25) is 19.1 Å². The minimum atomic E-state index is -0.519. The monoisotopic (exact) mass is 524 g/mol. The van der Waals surface area contributed by atoms with E-state index < -0.39 is 6.04 Å². The van der Waals surface area contributed by atoms with E-state index in [1.165, 1.54) is 0 Å². The Morgan fingerprint density at radius 3 is 2.55 bits per heavy atom. The summed E-state index contributed by atoms with van der Waals surface area (Å²) in [5.74, 6) is 5.98. The van der Waals surface area contributed by atoms with Gasteiger partial charge in [0.15, 0.2) is 5.65 Å². The van der Waals surface area contributed by atoms with E-state index >= 15 is 0 Å². The second kappa shape index (κ2) is 10.3. The number of amides is 1. The van der Waals surface area contributed by atoms with Crippen LogP contribution in [0.15, 0.2) is 102 Å². The molecule has 1 atom stereocenters. The number of hydrogen-bond donors (Lipinski definition) is 1. The molecule has 1 unspecified atom stereocenters. The van der Waals surface area contributed by atoms with Crippen molar-refractivity contribution in [2.75, 3.05) is 0 Å². The Bertz CT molecular complexity index is 2000. The summed E-state index contributed by atoms with van der Waals surface area (Å²) in [4.78, 5) is 36.0. The van der Waals surface area contributed by atoms with E-state index in [0.717, 1.165) is 10.9 Å². The number of benzene rings is 2. The summed E-state index contributed by atoms with van der Waals surface area (Å²) >= 11 is 0. The van der Waals surface area contributed by atoms with E-state index in [2.05, 4.69) is 32.2 Å². The van der Waals surface area contributed by atoms with Crippen molar-refractivity contribution in [2.45, 2.75) is 19.9 Å². The molecule has 2 aromatic carbocycles. The van der Waals surface area contributed by atoms with Gasteiger partial charge in [-0.2, -0.15) is 5.10 Å². The number of carbonyl (C=O) groups excluding carboxylic acids is 1. The highest BCUT2D eigenvalue weighted by Crippen LogP contribution is 2.24. The van der Waals surface area contributed by atoms with E-state index in [0.29, 0.717) is 39.2 Å². The molecule has 40 heavy (non-hydrogen) atoms. The highest BCUT2D eigenvalue weighted by Gasteiger charge is 2.23. The van der Waals surface area contributed by atoms with Gasteiger partial charge in [0.1, 0.15) is 5.56 Å². The molecule has 0 radical (unpaired) electrons. The molecule has 8 nitrogen and oxygen atoms in total. The minimum Gasteiger partial charge on any atom is -0.344 e. The van der Waals surface area contributed by atoms with Crippen LogP contribution in [0.5, 0.6) is 0 Å². The van der Waals surface area contributed by atoms with Crippen LogP contribution in [0.2, 0.25) is 0 Å². The van der Waals surface area contributed by atoms with Crippen molar-refractivity contribution < 1.29 is 4.79 Å². The predicted molar refractivity (Wildman–Crippen MR) is 153 cm³/mol. The van der Waals surface area contributed by atoms with Gasteiger partial charge in [-0.05, 0) is 61.7 Å². The molecule has 0 spiro atoms. The van der Waals surface area contributed by atoms with Gasteiger partial charge in [-0.1, -0.05) is 42.2 Å². The van der Waals surface area contributed by atoms with Crippen LogP contribution in [0, 0.1) is 18.8 Å². The molecular formula is C32H24N6O2. The quantitative estimate of drug-likeness (QED) is 0.340. The molecule has 0 saturated carbocycles. The summed E-state index contributed by atoms with van der Waals surface area (Å²) < 4.78 is 3.23. The number of carbonyl (C=O) groups is 1. The molecule has 4 heterocycles. The fraction of sp³-hybridized carbons (Fsp3) is 0.0938. The first-order chi connectivity index (χ1) is 19.5. The van der Waals surface area contributed by atoms with E-state index in [9.17, 15) is 9.59 Å².